The first-order valence-electron chi connectivity index (χ1n) is 16.9. The number of aromatic hydroxyl groups is 1. The second-order valence-corrected chi connectivity index (χ2v) is 13.3. The van der Waals surface area contributed by atoms with Crippen LogP contribution >= 0.6 is 0 Å². The van der Waals surface area contributed by atoms with Gasteiger partial charge in [0.2, 0.25) is 0 Å². The van der Waals surface area contributed by atoms with Gasteiger partial charge in [0.15, 0.2) is 0 Å². The zero-order valence-corrected chi connectivity index (χ0v) is 27.7. The van der Waals surface area contributed by atoms with Crippen LogP contribution in [-0.2, 0) is 11.8 Å². The first kappa shape index (κ1) is 34.6. The highest BCUT2D eigenvalue weighted by atomic mass is 16.5. The SMILES string of the molecule is C=C(C)[C@]1(C)CCC(C)=C[C@@]1(C)c1c(O)cc(CCCCC)cc1OCCCN1CCCNCCNCCCNCC1. The molecule has 1 saturated heterocycles. The Kier molecular flexibility index (Phi) is 14.4. The van der Waals surface area contributed by atoms with Crippen molar-refractivity contribution >= 4 is 0 Å². The third-order valence-electron chi connectivity index (χ3n) is 9.87. The first-order chi connectivity index (χ1) is 20.2. The number of nitrogens with one attached hydrogen (secondary N) is 3. The number of nitrogens with zero attached hydrogens (tertiary/aromatic N) is 1. The smallest absolute Gasteiger partial charge is 0.127 e. The molecular weight excluding hydrogens is 520 g/mol. The molecule has 0 radical (unpaired) electrons. The standard InChI is InChI=1S/C36H62N4O2/c1-7-8-9-13-31-26-32(41)34(36(6)28-30(4)14-15-35(36,5)29(2)3)33(27-31)42-25-12-23-40-22-11-18-38-20-19-37-16-10-17-39-21-24-40/h26-28,37-39,41H,2,7-25H2,1,3-6H3/t35-,36-/m0/s1. The predicted molar refractivity (Wildman–Crippen MR) is 179 cm³/mol. The summed E-state index contributed by atoms with van der Waals surface area (Å²) in [5, 5.41) is 22.3. The first-order valence-corrected chi connectivity index (χ1v) is 16.9. The molecule has 0 saturated carbocycles. The molecule has 0 spiro atoms. The van der Waals surface area contributed by atoms with E-state index in [9.17, 15) is 5.11 Å². The van der Waals surface area contributed by atoms with Crippen molar-refractivity contribution in [2.75, 3.05) is 65.5 Å². The lowest BCUT2D eigenvalue weighted by molar-refractivity contribution is 0.199. The fourth-order valence-corrected chi connectivity index (χ4v) is 6.81. The van der Waals surface area contributed by atoms with Gasteiger partial charge in [-0.05, 0) is 103 Å². The van der Waals surface area contributed by atoms with Crippen molar-refractivity contribution in [2.45, 2.75) is 97.8 Å². The Morgan fingerprint density at radius 1 is 0.976 bits per heavy atom. The molecule has 0 aromatic heterocycles. The number of aryl methyl sites for hydroxylation is 1. The van der Waals surface area contributed by atoms with Crippen LogP contribution in [0.25, 0.3) is 0 Å². The number of hydrogen-bond donors (Lipinski definition) is 4. The summed E-state index contributed by atoms with van der Waals surface area (Å²) in [5.74, 6) is 1.21. The molecule has 2 aliphatic rings. The van der Waals surface area contributed by atoms with Crippen molar-refractivity contribution in [2.24, 2.45) is 5.41 Å². The molecule has 0 unspecified atom stereocenters. The van der Waals surface area contributed by atoms with Crippen LogP contribution in [0, 0.1) is 5.41 Å². The van der Waals surface area contributed by atoms with E-state index < -0.39 is 5.41 Å². The fraction of sp³-hybridized carbons (Fsp3) is 0.722. The lowest BCUT2D eigenvalue weighted by atomic mass is 9.54. The molecule has 0 amide bonds. The Morgan fingerprint density at radius 2 is 1.69 bits per heavy atom. The fourth-order valence-electron chi connectivity index (χ4n) is 6.81. The Labute approximate surface area is 257 Å². The molecule has 42 heavy (non-hydrogen) atoms. The molecule has 1 aromatic rings. The van der Waals surface area contributed by atoms with E-state index in [0.29, 0.717) is 12.4 Å². The van der Waals surface area contributed by atoms with Gasteiger partial charge in [0.1, 0.15) is 11.5 Å². The van der Waals surface area contributed by atoms with Crippen LogP contribution in [0.15, 0.2) is 35.9 Å². The highest BCUT2D eigenvalue weighted by Crippen LogP contribution is 2.58. The number of hydrogen-bond acceptors (Lipinski definition) is 6. The summed E-state index contributed by atoms with van der Waals surface area (Å²) in [6.07, 6.45) is 12.2. The summed E-state index contributed by atoms with van der Waals surface area (Å²) in [5.41, 5.74) is 4.06. The highest BCUT2D eigenvalue weighted by molar-refractivity contribution is 5.56. The molecule has 1 heterocycles. The third kappa shape index (κ3) is 9.57. The quantitative estimate of drug-likeness (QED) is 0.180. The molecule has 4 N–H and O–H groups in total. The zero-order chi connectivity index (χ0) is 30.4. The van der Waals surface area contributed by atoms with Crippen LogP contribution in [0.2, 0.25) is 0 Å². The van der Waals surface area contributed by atoms with Crippen LogP contribution in [0.1, 0.15) is 97.1 Å². The Hall–Kier alpha value is -1.86. The lowest BCUT2D eigenvalue weighted by Crippen LogP contribution is -2.43. The summed E-state index contributed by atoms with van der Waals surface area (Å²) >= 11 is 0. The van der Waals surface area contributed by atoms with Crippen molar-refractivity contribution < 1.29 is 9.84 Å². The molecule has 1 aliphatic heterocycles. The van der Waals surface area contributed by atoms with E-state index in [0.717, 1.165) is 114 Å². The summed E-state index contributed by atoms with van der Waals surface area (Å²) in [7, 11) is 0. The predicted octanol–water partition coefficient (Wildman–Crippen LogP) is 6.34. The molecule has 6 nitrogen and oxygen atoms in total. The normalized spacial score (nSPS) is 25.4. The molecule has 238 valence electrons. The van der Waals surface area contributed by atoms with Gasteiger partial charge >= 0.3 is 0 Å². The molecule has 3 rings (SSSR count). The average Bonchev–Trinajstić information content (AvgIpc) is 2.94. The molecule has 1 aliphatic carbocycles. The van der Waals surface area contributed by atoms with Crippen molar-refractivity contribution in [3.05, 3.63) is 47.1 Å². The van der Waals surface area contributed by atoms with Gasteiger partial charge in [-0.3, -0.25) is 0 Å². The largest absolute Gasteiger partial charge is 0.507 e. The van der Waals surface area contributed by atoms with Crippen LogP contribution in [0.3, 0.4) is 0 Å². The van der Waals surface area contributed by atoms with Gasteiger partial charge in [-0.1, -0.05) is 57.4 Å². The Morgan fingerprint density at radius 3 is 2.40 bits per heavy atom. The van der Waals surface area contributed by atoms with E-state index in [2.05, 4.69) is 74.2 Å². The molecule has 6 heteroatoms. The second-order valence-electron chi connectivity index (χ2n) is 13.3. The van der Waals surface area contributed by atoms with Gasteiger partial charge in [0.05, 0.1) is 6.61 Å². The summed E-state index contributed by atoms with van der Waals surface area (Å²) in [6.45, 7) is 25.7. The topological polar surface area (TPSA) is 68.8 Å². The monoisotopic (exact) mass is 582 g/mol. The van der Waals surface area contributed by atoms with Gasteiger partial charge < -0.3 is 30.7 Å². The lowest BCUT2D eigenvalue weighted by Gasteiger charge is -2.50. The minimum atomic E-state index is -0.397. The number of phenols is 1. The van der Waals surface area contributed by atoms with Gasteiger partial charge in [-0.2, -0.15) is 0 Å². The number of allylic oxidation sites excluding steroid dienone is 3. The van der Waals surface area contributed by atoms with Crippen molar-refractivity contribution in [1.82, 2.24) is 20.9 Å². The van der Waals surface area contributed by atoms with Crippen molar-refractivity contribution in [1.29, 1.82) is 0 Å². The minimum absolute atomic E-state index is 0.166. The second kappa shape index (κ2) is 17.4. The van der Waals surface area contributed by atoms with Crippen LogP contribution in [0.5, 0.6) is 11.5 Å². The molecule has 0 bridgehead atoms. The maximum absolute atomic E-state index is 11.6. The van der Waals surface area contributed by atoms with Gasteiger partial charge in [-0.15, -0.1) is 0 Å². The van der Waals surface area contributed by atoms with E-state index in [4.69, 9.17) is 4.74 Å². The van der Waals surface area contributed by atoms with E-state index in [1.165, 1.54) is 30.4 Å². The average molecular weight is 583 g/mol. The molecule has 1 aromatic carbocycles. The molecule has 1 fully saturated rings. The minimum Gasteiger partial charge on any atom is -0.507 e. The summed E-state index contributed by atoms with van der Waals surface area (Å²) < 4.78 is 6.67. The van der Waals surface area contributed by atoms with E-state index in [1.54, 1.807) is 0 Å². The van der Waals surface area contributed by atoms with Crippen LogP contribution in [0.4, 0.5) is 0 Å². The number of rotatable bonds is 11. The van der Waals surface area contributed by atoms with E-state index >= 15 is 0 Å². The van der Waals surface area contributed by atoms with Crippen molar-refractivity contribution in [3.8, 4) is 11.5 Å². The maximum Gasteiger partial charge on any atom is 0.127 e. The summed E-state index contributed by atoms with van der Waals surface area (Å²) in [6, 6.07) is 4.22. The number of ether oxygens (including phenoxy) is 1. The Bertz CT molecular complexity index is 994. The van der Waals surface area contributed by atoms with Crippen LogP contribution in [-0.4, -0.2) is 75.5 Å². The van der Waals surface area contributed by atoms with Crippen LogP contribution < -0.4 is 20.7 Å². The van der Waals surface area contributed by atoms with Gasteiger partial charge in [0.25, 0.3) is 0 Å². The molecular formula is C36H62N4O2. The highest BCUT2D eigenvalue weighted by Gasteiger charge is 2.49. The van der Waals surface area contributed by atoms with Gasteiger partial charge in [0, 0.05) is 49.1 Å². The molecule has 2 atom stereocenters. The van der Waals surface area contributed by atoms with E-state index in [-0.39, 0.29) is 5.41 Å². The zero-order valence-electron chi connectivity index (χ0n) is 27.7. The number of phenolic OH excluding ortho intramolecular Hbond substituents is 1. The summed E-state index contributed by atoms with van der Waals surface area (Å²) in [4.78, 5) is 2.58. The van der Waals surface area contributed by atoms with Gasteiger partial charge in [-0.25, -0.2) is 0 Å². The van der Waals surface area contributed by atoms with Crippen molar-refractivity contribution in [3.63, 3.8) is 0 Å². The Balaban J connectivity index is 1.76. The number of unbranched alkanes of at least 4 members (excludes halogenated alkanes) is 2. The maximum atomic E-state index is 11.6. The van der Waals surface area contributed by atoms with E-state index in [1.807, 2.05) is 6.07 Å². The number of benzene rings is 1. The third-order valence-corrected chi connectivity index (χ3v) is 9.87.